The predicted molar refractivity (Wildman–Crippen MR) is 59.2 cm³/mol. The number of carbonyl (C=O) groups is 2. The molecule has 0 aromatic heterocycles. The molecule has 0 rings (SSSR count). The quantitative estimate of drug-likeness (QED) is 0.488. The van der Waals surface area contributed by atoms with Crippen LogP contribution in [0.1, 0.15) is 33.1 Å². The minimum absolute atomic E-state index is 0.0379. The van der Waals surface area contributed by atoms with Crippen LogP contribution in [0.25, 0.3) is 0 Å². The first-order chi connectivity index (χ1) is 7.06. The molecule has 0 saturated carbocycles. The van der Waals surface area contributed by atoms with Crippen molar-refractivity contribution in [1.29, 1.82) is 0 Å². The lowest BCUT2D eigenvalue weighted by molar-refractivity contribution is -0.121. The monoisotopic (exact) mass is 215 g/mol. The van der Waals surface area contributed by atoms with Crippen molar-refractivity contribution in [3.63, 3.8) is 0 Å². The smallest absolute Gasteiger partial charge is 0.221 e. The van der Waals surface area contributed by atoms with Gasteiger partial charge in [-0.25, -0.2) is 0 Å². The SMILES string of the molecule is CCC(C)NC(=O)CCNCCC(N)=O. The van der Waals surface area contributed by atoms with Crippen molar-refractivity contribution in [1.82, 2.24) is 10.6 Å². The van der Waals surface area contributed by atoms with Crippen LogP contribution in [0.2, 0.25) is 0 Å². The summed E-state index contributed by atoms with van der Waals surface area (Å²) in [5.41, 5.74) is 4.96. The molecule has 0 heterocycles. The molecule has 2 amide bonds. The first-order valence-electron chi connectivity index (χ1n) is 5.34. The van der Waals surface area contributed by atoms with Gasteiger partial charge in [0.15, 0.2) is 0 Å². The first-order valence-corrected chi connectivity index (χ1v) is 5.34. The molecule has 0 aliphatic rings. The van der Waals surface area contributed by atoms with Gasteiger partial charge in [-0.3, -0.25) is 9.59 Å². The van der Waals surface area contributed by atoms with E-state index in [0.29, 0.717) is 25.9 Å². The van der Waals surface area contributed by atoms with Crippen LogP contribution in [0.4, 0.5) is 0 Å². The van der Waals surface area contributed by atoms with Crippen LogP contribution in [0.3, 0.4) is 0 Å². The average Bonchev–Trinajstić information content (AvgIpc) is 2.16. The van der Waals surface area contributed by atoms with Crippen LogP contribution in [0, 0.1) is 0 Å². The third-order valence-electron chi connectivity index (χ3n) is 2.10. The summed E-state index contributed by atoms with van der Waals surface area (Å²) in [6.45, 7) is 5.11. The molecular weight excluding hydrogens is 194 g/mol. The van der Waals surface area contributed by atoms with Crippen molar-refractivity contribution < 1.29 is 9.59 Å². The molecule has 4 N–H and O–H groups in total. The van der Waals surface area contributed by atoms with Crippen molar-refractivity contribution >= 4 is 11.8 Å². The van der Waals surface area contributed by atoms with Gasteiger partial charge in [-0.15, -0.1) is 0 Å². The van der Waals surface area contributed by atoms with Crippen molar-refractivity contribution in [2.75, 3.05) is 13.1 Å². The summed E-state index contributed by atoms with van der Waals surface area (Å²) < 4.78 is 0. The molecule has 0 saturated heterocycles. The third kappa shape index (κ3) is 9.21. The number of hydrogen-bond donors (Lipinski definition) is 3. The number of hydrogen-bond acceptors (Lipinski definition) is 3. The van der Waals surface area contributed by atoms with Crippen LogP contribution < -0.4 is 16.4 Å². The van der Waals surface area contributed by atoms with Gasteiger partial charge >= 0.3 is 0 Å². The Morgan fingerprint density at radius 2 is 1.87 bits per heavy atom. The number of rotatable bonds is 8. The van der Waals surface area contributed by atoms with Gasteiger partial charge in [-0.05, 0) is 13.3 Å². The van der Waals surface area contributed by atoms with E-state index in [1.54, 1.807) is 0 Å². The Kier molecular flexibility index (Phi) is 7.62. The highest BCUT2D eigenvalue weighted by molar-refractivity contribution is 5.76. The van der Waals surface area contributed by atoms with E-state index < -0.39 is 0 Å². The van der Waals surface area contributed by atoms with Gasteiger partial charge in [-0.1, -0.05) is 6.92 Å². The number of primary amides is 1. The topological polar surface area (TPSA) is 84.2 Å². The van der Waals surface area contributed by atoms with Crippen LogP contribution >= 0.6 is 0 Å². The largest absolute Gasteiger partial charge is 0.370 e. The van der Waals surface area contributed by atoms with E-state index in [9.17, 15) is 9.59 Å². The minimum Gasteiger partial charge on any atom is -0.370 e. The highest BCUT2D eigenvalue weighted by Gasteiger charge is 2.04. The molecule has 0 aliphatic heterocycles. The molecular formula is C10H21N3O2. The molecule has 0 aromatic carbocycles. The van der Waals surface area contributed by atoms with Crippen molar-refractivity contribution in [3.05, 3.63) is 0 Å². The predicted octanol–water partition coefficient (Wildman–Crippen LogP) is -0.244. The Hall–Kier alpha value is -1.10. The molecule has 0 spiro atoms. The van der Waals surface area contributed by atoms with Crippen molar-refractivity contribution in [3.8, 4) is 0 Å². The van der Waals surface area contributed by atoms with E-state index in [0.717, 1.165) is 6.42 Å². The fraction of sp³-hybridized carbons (Fsp3) is 0.800. The molecule has 0 aromatic rings. The van der Waals surface area contributed by atoms with Gasteiger partial charge in [0, 0.05) is 32.0 Å². The van der Waals surface area contributed by atoms with Crippen LogP contribution in [0.5, 0.6) is 0 Å². The van der Waals surface area contributed by atoms with Gasteiger partial charge in [0.1, 0.15) is 0 Å². The van der Waals surface area contributed by atoms with Crippen molar-refractivity contribution in [2.45, 2.75) is 39.2 Å². The third-order valence-corrected chi connectivity index (χ3v) is 2.10. The van der Waals surface area contributed by atoms with E-state index in [4.69, 9.17) is 5.73 Å². The summed E-state index contributed by atoms with van der Waals surface area (Å²) in [4.78, 5) is 21.7. The Balaban J connectivity index is 3.35. The maximum absolute atomic E-state index is 11.3. The molecule has 1 atom stereocenters. The fourth-order valence-corrected chi connectivity index (χ4v) is 0.988. The first kappa shape index (κ1) is 13.9. The van der Waals surface area contributed by atoms with Gasteiger partial charge < -0.3 is 16.4 Å². The van der Waals surface area contributed by atoms with Crippen LogP contribution in [0.15, 0.2) is 0 Å². The molecule has 15 heavy (non-hydrogen) atoms. The van der Waals surface area contributed by atoms with Gasteiger partial charge in [-0.2, -0.15) is 0 Å². The summed E-state index contributed by atoms with van der Waals surface area (Å²) in [6.07, 6.45) is 1.68. The lowest BCUT2D eigenvalue weighted by Crippen LogP contribution is -2.34. The second-order valence-electron chi connectivity index (χ2n) is 3.59. The van der Waals surface area contributed by atoms with E-state index >= 15 is 0 Å². The number of nitrogens with one attached hydrogen (secondary N) is 2. The summed E-state index contributed by atoms with van der Waals surface area (Å²) in [7, 11) is 0. The van der Waals surface area contributed by atoms with Gasteiger partial charge in [0.2, 0.25) is 11.8 Å². The zero-order valence-electron chi connectivity index (χ0n) is 9.51. The Morgan fingerprint density at radius 1 is 1.27 bits per heavy atom. The van der Waals surface area contributed by atoms with Crippen LogP contribution in [-0.2, 0) is 9.59 Å². The highest BCUT2D eigenvalue weighted by Crippen LogP contribution is 1.88. The van der Waals surface area contributed by atoms with E-state index in [2.05, 4.69) is 10.6 Å². The zero-order valence-corrected chi connectivity index (χ0v) is 9.51. The summed E-state index contributed by atoms with van der Waals surface area (Å²) in [6, 6.07) is 0.225. The average molecular weight is 215 g/mol. The number of amides is 2. The fourth-order valence-electron chi connectivity index (χ4n) is 0.988. The lowest BCUT2D eigenvalue weighted by Gasteiger charge is -2.11. The van der Waals surface area contributed by atoms with Gasteiger partial charge in [0.25, 0.3) is 0 Å². The molecule has 88 valence electrons. The highest BCUT2D eigenvalue weighted by atomic mass is 16.2. The second-order valence-corrected chi connectivity index (χ2v) is 3.59. The zero-order chi connectivity index (χ0) is 11.7. The standard InChI is InChI=1S/C10H21N3O2/c1-3-8(2)13-10(15)5-7-12-6-4-9(11)14/h8,12H,3-7H2,1-2H3,(H2,11,14)(H,13,15). The molecule has 5 heteroatoms. The molecule has 0 fully saturated rings. The molecule has 0 aliphatic carbocycles. The van der Waals surface area contributed by atoms with E-state index in [-0.39, 0.29) is 17.9 Å². The lowest BCUT2D eigenvalue weighted by atomic mass is 10.2. The number of carbonyl (C=O) groups excluding carboxylic acids is 2. The van der Waals surface area contributed by atoms with E-state index in [1.807, 2.05) is 13.8 Å². The molecule has 0 radical (unpaired) electrons. The van der Waals surface area contributed by atoms with E-state index in [1.165, 1.54) is 0 Å². The number of nitrogens with two attached hydrogens (primary N) is 1. The molecule has 5 nitrogen and oxygen atoms in total. The normalized spacial score (nSPS) is 12.1. The molecule has 1 unspecified atom stereocenters. The second kappa shape index (κ2) is 8.23. The summed E-state index contributed by atoms with van der Waals surface area (Å²) >= 11 is 0. The van der Waals surface area contributed by atoms with Crippen molar-refractivity contribution in [2.24, 2.45) is 5.73 Å². The Labute approximate surface area is 90.8 Å². The van der Waals surface area contributed by atoms with Crippen LogP contribution in [-0.4, -0.2) is 30.9 Å². The molecule has 0 bridgehead atoms. The summed E-state index contributed by atoms with van der Waals surface area (Å²) in [5.74, 6) is -0.289. The Morgan fingerprint density at radius 3 is 2.40 bits per heavy atom. The maximum atomic E-state index is 11.3. The summed E-state index contributed by atoms with van der Waals surface area (Å²) in [5, 5.41) is 5.84. The Bertz CT molecular complexity index is 207. The minimum atomic E-state index is -0.327. The van der Waals surface area contributed by atoms with Gasteiger partial charge in [0.05, 0.1) is 0 Å². The maximum Gasteiger partial charge on any atom is 0.221 e.